The van der Waals surface area contributed by atoms with Gasteiger partial charge in [-0.05, 0) is 57.4 Å². The molecule has 2 N–H and O–H groups in total. The molecule has 80 heavy (non-hydrogen) atoms. The highest BCUT2D eigenvalue weighted by Crippen LogP contribution is 2.43. The largest absolute Gasteiger partial charge is 0.472 e. The number of allylic oxidation sites excluding steroid dienone is 3. The van der Waals surface area contributed by atoms with Crippen molar-refractivity contribution < 1.29 is 37.3 Å². The van der Waals surface area contributed by atoms with E-state index in [4.69, 9.17) is 13.8 Å². The number of carbonyl (C=O) groups excluding carboxylic acids is 2. The molecule has 0 aliphatic carbocycles. The van der Waals surface area contributed by atoms with Crippen LogP contribution in [0.2, 0.25) is 0 Å². The Morgan fingerprint density at radius 3 is 1.06 bits per heavy atom. The van der Waals surface area contributed by atoms with Crippen LogP contribution in [0.25, 0.3) is 0 Å². The van der Waals surface area contributed by atoms with E-state index in [0.717, 1.165) is 57.8 Å². The number of carbonyl (C=O) groups is 2. The molecule has 0 aromatic carbocycles. The quantitative estimate of drug-likeness (QED) is 0.0205. The number of esters is 1. The Balaban J connectivity index is 5.02. The molecule has 0 heterocycles. The third-order valence-corrected chi connectivity index (χ3v) is 17.1. The lowest BCUT2D eigenvalue weighted by Gasteiger charge is -2.27. The van der Waals surface area contributed by atoms with Crippen molar-refractivity contribution in [3.8, 4) is 0 Å². The number of ether oxygens (including phenoxy) is 1. The number of nitrogens with zero attached hydrogens (tertiary/aromatic N) is 1. The molecule has 474 valence electrons. The molecule has 0 aromatic rings. The maximum absolute atomic E-state index is 13.6. The lowest BCUT2D eigenvalue weighted by Crippen LogP contribution is -2.47. The van der Waals surface area contributed by atoms with E-state index in [-0.39, 0.29) is 25.1 Å². The average Bonchev–Trinajstić information content (AvgIpc) is 3.42. The third kappa shape index (κ3) is 61.1. The summed E-state index contributed by atoms with van der Waals surface area (Å²) in [5, 5.41) is 3.07. The van der Waals surface area contributed by atoms with Crippen molar-refractivity contribution in [2.75, 3.05) is 40.9 Å². The van der Waals surface area contributed by atoms with E-state index in [1.807, 2.05) is 33.3 Å². The van der Waals surface area contributed by atoms with Gasteiger partial charge in [0.1, 0.15) is 19.3 Å². The normalized spacial score (nSPS) is 13.6. The first-order chi connectivity index (χ1) is 38.9. The first kappa shape index (κ1) is 78.5. The molecule has 0 aliphatic rings. The van der Waals surface area contributed by atoms with E-state index < -0.39 is 20.0 Å². The molecule has 1 amide bonds. The van der Waals surface area contributed by atoms with Crippen LogP contribution in [0.5, 0.6) is 0 Å². The summed E-state index contributed by atoms with van der Waals surface area (Å²) in [6.07, 6.45) is 73.4. The maximum atomic E-state index is 13.6. The lowest BCUT2D eigenvalue weighted by atomic mass is 10.0. The van der Waals surface area contributed by atoms with Crippen molar-refractivity contribution in [3.05, 3.63) is 24.3 Å². The summed E-state index contributed by atoms with van der Waals surface area (Å²) in [4.78, 5) is 37.8. The monoisotopic (exact) mass is 1150 g/mol. The third-order valence-electron chi connectivity index (χ3n) is 16.1. The first-order valence-electron chi connectivity index (χ1n) is 35.2. The van der Waals surface area contributed by atoms with Crippen LogP contribution in [0.1, 0.15) is 361 Å². The summed E-state index contributed by atoms with van der Waals surface area (Å²) in [5.74, 6) is -0.489. The van der Waals surface area contributed by atoms with Crippen LogP contribution in [0, 0.1) is 0 Å². The van der Waals surface area contributed by atoms with E-state index in [1.54, 1.807) is 0 Å². The topological polar surface area (TPSA) is 111 Å². The van der Waals surface area contributed by atoms with Crippen molar-refractivity contribution in [1.82, 2.24) is 5.32 Å². The second kappa shape index (κ2) is 60.6. The van der Waals surface area contributed by atoms with E-state index in [2.05, 4.69) is 38.2 Å². The summed E-state index contributed by atoms with van der Waals surface area (Å²) in [6, 6.07) is -0.846. The van der Waals surface area contributed by atoms with Gasteiger partial charge in [-0.25, -0.2) is 4.57 Å². The zero-order valence-corrected chi connectivity index (χ0v) is 55.2. The SMILES string of the molecule is CCCCCCCC/C=C/CCCCCCCCCC(=O)NC(COP(=O)(O)OCC[N+](C)(C)C)C(/C=C\CCCCCCCCCCCC)OC(=O)CCCCCCCCCCCCCCCCCCCCCCCCCCC. The van der Waals surface area contributed by atoms with Gasteiger partial charge in [-0.15, -0.1) is 0 Å². The number of phosphoric ester groups is 1. The Kier molecular flexibility index (Phi) is 59.5. The number of unbranched alkanes of at least 4 members (excludes halogenated alkanes) is 47. The van der Waals surface area contributed by atoms with Gasteiger partial charge >= 0.3 is 13.8 Å². The number of likely N-dealkylation sites (N-methyl/N-ethyl adjacent to an activating group) is 1. The minimum atomic E-state index is -4.45. The van der Waals surface area contributed by atoms with Crippen molar-refractivity contribution in [2.24, 2.45) is 0 Å². The molecule has 0 rings (SSSR count). The second-order valence-electron chi connectivity index (χ2n) is 25.4. The van der Waals surface area contributed by atoms with Gasteiger partial charge in [0.2, 0.25) is 5.91 Å². The van der Waals surface area contributed by atoms with E-state index in [9.17, 15) is 19.0 Å². The van der Waals surface area contributed by atoms with Crippen molar-refractivity contribution in [1.29, 1.82) is 0 Å². The molecule has 3 atom stereocenters. The molecule has 0 radical (unpaired) electrons. The average molecular weight is 1150 g/mol. The minimum absolute atomic E-state index is 0.0431. The molecular formula is C70H138N2O7P+. The van der Waals surface area contributed by atoms with Crippen LogP contribution < -0.4 is 5.32 Å². The fraction of sp³-hybridized carbons (Fsp3) is 0.914. The lowest BCUT2D eigenvalue weighted by molar-refractivity contribution is -0.870. The van der Waals surface area contributed by atoms with Gasteiger partial charge in [0, 0.05) is 12.8 Å². The number of amides is 1. The molecule has 3 unspecified atom stereocenters. The minimum Gasteiger partial charge on any atom is -0.456 e. The highest BCUT2D eigenvalue weighted by atomic mass is 31.2. The van der Waals surface area contributed by atoms with Gasteiger partial charge in [-0.3, -0.25) is 18.6 Å². The van der Waals surface area contributed by atoms with Crippen molar-refractivity contribution >= 4 is 19.7 Å². The van der Waals surface area contributed by atoms with E-state index in [1.165, 1.54) is 270 Å². The Hall–Kier alpha value is -1.51. The van der Waals surface area contributed by atoms with Gasteiger partial charge in [0.05, 0.1) is 33.8 Å². The number of rotatable bonds is 65. The van der Waals surface area contributed by atoms with Gasteiger partial charge in [-0.1, -0.05) is 315 Å². The zero-order valence-electron chi connectivity index (χ0n) is 54.4. The number of nitrogens with one attached hydrogen (secondary N) is 1. The number of hydrogen-bond donors (Lipinski definition) is 2. The molecule has 0 bridgehead atoms. The van der Waals surface area contributed by atoms with Crippen LogP contribution in [-0.2, 0) is 27.9 Å². The van der Waals surface area contributed by atoms with Crippen molar-refractivity contribution in [3.63, 3.8) is 0 Å². The van der Waals surface area contributed by atoms with Crippen LogP contribution in [0.15, 0.2) is 24.3 Å². The van der Waals surface area contributed by atoms with E-state index in [0.29, 0.717) is 23.9 Å². The highest BCUT2D eigenvalue weighted by Gasteiger charge is 2.30. The van der Waals surface area contributed by atoms with Crippen LogP contribution in [0.4, 0.5) is 0 Å². The Morgan fingerprint density at radius 1 is 0.425 bits per heavy atom. The molecule has 0 saturated carbocycles. The Bertz CT molecular complexity index is 1420. The molecule has 0 fully saturated rings. The first-order valence-corrected chi connectivity index (χ1v) is 36.7. The molecular weight excluding hydrogens is 1010 g/mol. The predicted octanol–water partition coefficient (Wildman–Crippen LogP) is 22.1. The molecule has 0 aliphatic heterocycles. The van der Waals surface area contributed by atoms with E-state index >= 15 is 0 Å². The summed E-state index contributed by atoms with van der Waals surface area (Å²) in [5.41, 5.74) is 0. The standard InChI is InChI=1S/C70H137N2O7P/c1-7-10-13-16-19-22-25-28-30-32-33-34-35-36-37-38-39-41-43-45-48-51-54-57-60-63-70(74)79-68(61-58-55-52-49-46-27-24-21-18-15-12-9-3)67(66-78-80(75,76)77-65-64-72(4,5)6)71-69(73)62-59-56-53-50-47-44-42-40-31-29-26-23-20-17-14-11-8-2/h29,31,58,61,67-68H,7-28,30,32-57,59-60,62-66H2,1-6H3,(H-,71,73,75,76)/p+1/b31-29+,61-58-. The van der Waals surface area contributed by atoms with Gasteiger partial charge in [0.15, 0.2) is 0 Å². The maximum Gasteiger partial charge on any atom is 0.472 e. The number of phosphoric acid groups is 1. The fourth-order valence-electron chi connectivity index (χ4n) is 10.7. The second-order valence-corrected chi connectivity index (χ2v) is 26.9. The van der Waals surface area contributed by atoms with Crippen LogP contribution in [-0.4, -0.2) is 74.3 Å². The Labute approximate surface area is 498 Å². The fourth-order valence-corrected chi connectivity index (χ4v) is 11.4. The molecule has 0 spiro atoms. The number of hydrogen-bond acceptors (Lipinski definition) is 6. The number of quaternary nitrogens is 1. The molecule has 0 saturated heterocycles. The molecule has 9 nitrogen and oxygen atoms in total. The smallest absolute Gasteiger partial charge is 0.456 e. The summed E-state index contributed by atoms with van der Waals surface area (Å²) in [7, 11) is 1.51. The summed E-state index contributed by atoms with van der Waals surface area (Å²) >= 11 is 0. The summed E-state index contributed by atoms with van der Waals surface area (Å²) < 4.78 is 30.8. The molecule has 10 heteroatoms. The van der Waals surface area contributed by atoms with Gasteiger partial charge < -0.3 is 19.4 Å². The van der Waals surface area contributed by atoms with Gasteiger partial charge in [-0.2, -0.15) is 0 Å². The van der Waals surface area contributed by atoms with Crippen LogP contribution in [0.3, 0.4) is 0 Å². The highest BCUT2D eigenvalue weighted by molar-refractivity contribution is 7.47. The van der Waals surface area contributed by atoms with Gasteiger partial charge in [0.25, 0.3) is 0 Å². The molecule has 0 aromatic heterocycles. The summed E-state index contributed by atoms with van der Waals surface area (Å²) in [6.45, 7) is 7.07. The van der Waals surface area contributed by atoms with Crippen molar-refractivity contribution in [2.45, 2.75) is 373 Å². The zero-order chi connectivity index (χ0) is 58.6. The Morgan fingerprint density at radius 2 is 0.725 bits per heavy atom. The predicted molar refractivity (Wildman–Crippen MR) is 346 cm³/mol. The van der Waals surface area contributed by atoms with Crippen LogP contribution >= 0.6 is 7.82 Å².